The number of rotatable bonds is 4. The van der Waals surface area contributed by atoms with Crippen molar-refractivity contribution in [1.29, 1.82) is 0 Å². The lowest BCUT2D eigenvalue weighted by molar-refractivity contribution is -0.209. The van der Waals surface area contributed by atoms with Gasteiger partial charge in [-0.15, -0.1) is 0 Å². The maximum Gasteiger partial charge on any atom is 0.228 e. The molecule has 1 aromatic rings. The smallest absolute Gasteiger partial charge is 0.228 e. The number of hydrogen-bond acceptors (Lipinski definition) is 3. The molecule has 2 aliphatic rings. The zero-order chi connectivity index (χ0) is 16.2. The van der Waals surface area contributed by atoms with E-state index in [4.69, 9.17) is 9.47 Å². The fourth-order valence-electron chi connectivity index (χ4n) is 3.51. The molecular formula is C17H21F3O3. The van der Waals surface area contributed by atoms with E-state index in [1.54, 1.807) is 0 Å². The molecule has 2 fully saturated rings. The minimum atomic E-state index is -1.25. The van der Waals surface area contributed by atoms with Crippen LogP contribution in [0.1, 0.15) is 43.6 Å². The van der Waals surface area contributed by atoms with Gasteiger partial charge in [-0.05, 0) is 55.7 Å². The van der Waals surface area contributed by atoms with Crippen LogP contribution in [0.5, 0.6) is 5.75 Å². The second-order valence-electron chi connectivity index (χ2n) is 6.14. The van der Waals surface area contributed by atoms with Crippen molar-refractivity contribution in [2.45, 2.75) is 44.3 Å². The number of halogens is 3. The van der Waals surface area contributed by atoms with E-state index in [9.17, 15) is 13.2 Å². The van der Waals surface area contributed by atoms with Gasteiger partial charge in [-0.1, -0.05) is 0 Å². The molecule has 0 amide bonds. The van der Waals surface area contributed by atoms with Gasteiger partial charge in [0.2, 0.25) is 6.86 Å². The van der Waals surface area contributed by atoms with Crippen molar-refractivity contribution in [3.05, 3.63) is 29.3 Å². The highest BCUT2D eigenvalue weighted by atomic mass is 19.1. The molecule has 128 valence electrons. The molecule has 0 aromatic heterocycles. The Hall–Kier alpha value is -1.27. The maximum atomic E-state index is 13.8. The van der Waals surface area contributed by atoms with Crippen molar-refractivity contribution in [3.63, 3.8) is 0 Å². The number of benzene rings is 1. The molecule has 0 atom stereocenters. The molecule has 1 aliphatic carbocycles. The van der Waals surface area contributed by atoms with Crippen molar-refractivity contribution in [2.24, 2.45) is 5.92 Å². The van der Waals surface area contributed by atoms with Crippen molar-refractivity contribution < 1.29 is 27.4 Å². The Balaban J connectivity index is 1.63. The van der Waals surface area contributed by atoms with E-state index in [2.05, 4.69) is 4.74 Å². The zero-order valence-corrected chi connectivity index (χ0v) is 12.9. The Kier molecular flexibility index (Phi) is 5.43. The van der Waals surface area contributed by atoms with Gasteiger partial charge in [0.15, 0.2) is 23.7 Å². The Morgan fingerprint density at radius 2 is 1.61 bits per heavy atom. The molecule has 0 radical (unpaired) electrons. The van der Waals surface area contributed by atoms with Gasteiger partial charge in [0.1, 0.15) is 0 Å². The summed E-state index contributed by atoms with van der Waals surface area (Å²) in [5.74, 6) is -1.90. The molecule has 6 heteroatoms. The van der Waals surface area contributed by atoms with E-state index in [0.717, 1.165) is 45.3 Å². The third-order valence-corrected chi connectivity index (χ3v) is 4.70. The van der Waals surface area contributed by atoms with Crippen LogP contribution in [0, 0.1) is 17.6 Å². The third-order valence-electron chi connectivity index (χ3n) is 4.70. The Labute approximate surface area is 133 Å². The van der Waals surface area contributed by atoms with E-state index in [0.29, 0.717) is 11.5 Å². The van der Waals surface area contributed by atoms with E-state index in [-0.39, 0.29) is 12.2 Å². The number of hydrogen-bond donors (Lipinski definition) is 0. The van der Waals surface area contributed by atoms with Crippen LogP contribution in [0.15, 0.2) is 12.1 Å². The standard InChI is InChI=1S/C17H21F3O3/c18-10-23-16-14(19)8-13(9-15(16)20)11-2-4-12(5-3-11)17-21-6-1-7-22-17/h8-9,11-12,17H,1-7,10H2. The first-order chi connectivity index (χ1) is 11.2. The highest BCUT2D eigenvalue weighted by Crippen LogP contribution is 2.40. The fourth-order valence-corrected chi connectivity index (χ4v) is 3.51. The summed E-state index contributed by atoms with van der Waals surface area (Å²) in [6, 6.07) is 2.51. The van der Waals surface area contributed by atoms with Crippen molar-refractivity contribution in [1.82, 2.24) is 0 Å². The molecule has 0 bridgehead atoms. The Bertz CT molecular complexity index is 501. The van der Waals surface area contributed by atoms with Gasteiger partial charge in [0.25, 0.3) is 0 Å². The van der Waals surface area contributed by atoms with Gasteiger partial charge in [0.05, 0.1) is 13.2 Å². The van der Waals surface area contributed by atoms with E-state index in [1.807, 2.05) is 0 Å². The van der Waals surface area contributed by atoms with Gasteiger partial charge in [-0.25, -0.2) is 13.2 Å². The highest BCUT2D eigenvalue weighted by Gasteiger charge is 2.31. The average Bonchev–Trinajstić information content (AvgIpc) is 2.59. The molecule has 1 saturated carbocycles. The molecule has 0 spiro atoms. The monoisotopic (exact) mass is 330 g/mol. The lowest BCUT2D eigenvalue weighted by atomic mass is 9.78. The molecule has 0 N–H and O–H groups in total. The van der Waals surface area contributed by atoms with Crippen LogP contribution in [0.4, 0.5) is 13.2 Å². The zero-order valence-electron chi connectivity index (χ0n) is 12.9. The second kappa shape index (κ2) is 7.53. The molecule has 1 aromatic carbocycles. The topological polar surface area (TPSA) is 27.7 Å². The van der Waals surface area contributed by atoms with Crippen LogP contribution in [0.2, 0.25) is 0 Å². The molecule has 0 unspecified atom stereocenters. The number of ether oxygens (including phenoxy) is 3. The van der Waals surface area contributed by atoms with Crippen molar-refractivity contribution >= 4 is 0 Å². The summed E-state index contributed by atoms with van der Waals surface area (Å²) < 4.78 is 55.5. The van der Waals surface area contributed by atoms with Gasteiger partial charge in [0, 0.05) is 5.92 Å². The van der Waals surface area contributed by atoms with Gasteiger partial charge in [-0.2, -0.15) is 0 Å². The average molecular weight is 330 g/mol. The Morgan fingerprint density at radius 3 is 2.17 bits per heavy atom. The first-order valence-electron chi connectivity index (χ1n) is 8.10. The SMILES string of the molecule is FCOc1c(F)cc(C2CCC(C3OCCCO3)CC2)cc1F. The highest BCUT2D eigenvalue weighted by molar-refractivity contribution is 5.33. The van der Waals surface area contributed by atoms with Crippen LogP contribution in [0.3, 0.4) is 0 Å². The fraction of sp³-hybridized carbons (Fsp3) is 0.647. The van der Waals surface area contributed by atoms with Crippen LogP contribution >= 0.6 is 0 Å². The summed E-state index contributed by atoms with van der Waals surface area (Å²) in [6.45, 7) is 0.216. The van der Waals surface area contributed by atoms with Gasteiger partial charge < -0.3 is 14.2 Å². The summed E-state index contributed by atoms with van der Waals surface area (Å²) in [5, 5.41) is 0. The molecular weight excluding hydrogens is 309 g/mol. The predicted octanol–water partition coefficient (Wildman–Crippen LogP) is 4.31. The van der Waals surface area contributed by atoms with Crippen LogP contribution in [-0.2, 0) is 9.47 Å². The second-order valence-corrected chi connectivity index (χ2v) is 6.14. The van der Waals surface area contributed by atoms with E-state index >= 15 is 0 Å². The molecule has 3 nitrogen and oxygen atoms in total. The quantitative estimate of drug-likeness (QED) is 0.823. The maximum absolute atomic E-state index is 13.8. The normalized spacial score (nSPS) is 26.2. The van der Waals surface area contributed by atoms with E-state index < -0.39 is 24.2 Å². The first kappa shape index (κ1) is 16.6. The summed E-state index contributed by atoms with van der Waals surface area (Å²) in [7, 11) is 0. The van der Waals surface area contributed by atoms with Gasteiger partial charge >= 0.3 is 0 Å². The summed E-state index contributed by atoms with van der Waals surface area (Å²) >= 11 is 0. The van der Waals surface area contributed by atoms with Crippen LogP contribution in [-0.4, -0.2) is 26.4 Å². The van der Waals surface area contributed by atoms with Crippen molar-refractivity contribution in [2.75, 3.05) is 20.1 Å². The van der Waals surface area contributed by atoms with Crippen LogP contribution < -0.4 is 4.74 Å². The van der Waals surface area contributed by atoms with E-state index in [1.165, 1.54) is 12.1 Å². The summed E-state index contributed by atoms with van der Waals surface area (Å²) in [4.78, 5) is 0. The molecule has 23 heavy (non-hydrogen) atoms. The van der Waals surface area contributed by atoms with Crippen LogP contribution in [0.25, 0.3) is 0 Å². The van der Waals surface area contributed by atoms with Crippen molar-refractivity contribution in [3.8, 4) is 5.75 Å². The molecule has 1 saturated heterocycles. The molecule has 3 rings (SSSR count). The largest absolute Gasteiger partial charge is 0.457 e. The molecule has 1 heterocycles. The Morgan fingerprint density at radius 1 is 1.00 bits per heavy atom. The minimum Gasteiger partial charge on any atom is -0.457 e. The third kappa shape index (κ3) is 3.80. The number of alkyl halides is 1. The minimum absolute atomic E-state index is 0.0956. The lowest BCUT2D eigenvalue weighted by Gasteiger charge is -2.35. The van der Waals surface area contributed by atoms with Gasteiger partial charge in [-0.3, -0.25) is 0 Å². The predicted molar refractivity (Wildman–Crippen MR) is 78.0 cm³/mol. The molecule has 1 aliphatic heterocycles. The first-order valence-corrected chi connectivity index (χ1v) is 8.10. The lowest BCUT2D eigenvalue weighted by Crippen LogP contribution is -2.34. The summed E-state index contributed by atoms with van der Waals surface area (Å²) in [6.07, 6.45) is 4.26. The summed E-state index contributed by atoms with van der Waals surface area (Å²) in [5.41, 5.74) is 0.607.